The van der Waals surface area contributed by atoms with Gasteiger partial charge >= 0.3 is 0 Å². The number of carbonyl (C=O) groups is 1. The van der Waals surface area contributed by atoms with Crippen molar-refractivity contribution in [2.24, 2.45) is 0 Å². The maximum atomic E-state index is 12.1. The van der Waals surface area contributed by atoms with Crippen molar-refractivity contribution in [3.05, 3.63) is 53.2 Å². The van der Waals surface area contributed by atoms with E-state index in [0.29, 0.717) is 16.4 Å². The highest BCUT2D eigenvalue weighted by Gasteiger charge is 2.10. The topological polar surface area (TPSA) is 54.0 Å². The minimum atomic E-state index is -0.227. The Kier molecular flexibility index (Phi) is 3.79. The third-order valence-electron chi connectivity index (χ3n) is 2.40. The van der Waals surface area contributed by atoms with Gasteiger partial charge in [0.25, 0.3) is 5.91 Å². The largest absolute Gasteiger partial charge is 0.387 e. The zero-order valence-electron chi connectivity index (χ0n) is 9.77. The molecule has 0 bridgehead atoms. The second-order valence-electron chi connectivity index (χ2n) is 3.61. The first-order valence-corrected chi connectivity index (χ1v) is 5.78. The highest BCUT2D eigenvalue weighted by Crippen LogP contribution is 2.17. The molecule has 0 aliphatic heterocycles. The number of benzene rings is 1. The first-order valence-electron chi connectivity index (χ1n) is 5.40. The molecule has 18 heavy (non-hydrogen) atoms. The second-order valence-corrected chi connectivity index (χ2v) is 4.05. The average Bonchev–Trinajstić information content (AvgIpc) is 2.38. The lowest BCUT2D eigenvalue weighted by atomic mass is 10.1. The van der Waals surface area contributed by atoms with Crippen molar-refractivity contribution < 1.29 is 4.79 Å². The average molecular weight is 262 g/mol. The van der Waals surface area contributed by atoms with Crippen LogP contribution >= 0.6 is 11.6 Å². The van der Waals surface area contributed by atoms with E-state index in [-0.39, 0.29) is 5.91 Å². The summed E-state index contributed by atoms with van der Waals surface area (Å²) in [7, 11) is 1.77. The Balaban J connectivity index is 2.22. The molecule has 0 saturated heterocycles. The van der Waals surface area contributed by atoms with E-state index < -0.39 is 0 Å². The molecule has 1 aromatic carbocycles. The van der Waals surface area contributed by atoms with E-state index in [0.717, 1.165) is 5.69 Å². The van der Waals surface area contributed by atoms with Gasteiger partial charge in [0.05, 0.1) is 5.56 Å². The van der Waals surface area contributed by atoms with Gasteiger partial charge in [-0.2, -0.15) is 0 Å². The van der Waals surface area contributed by atoms with Crippen LogP contribution in [0.3, 0.4) is 0 Å². The number of anilines is 2. The fraction of sp³-hybridized carbons (Fsp3) is 0.0769. The van der Waals surface area contributed by atoms with Crippen molar-refractivity contribution in [2.75, 3.05) is 17.7 Å². The molecule has 2 rings (SSSR count). The lowest BCUT2D eigenvalue weighted by molar-refractivity contribution is 0.102. The molecule has 0 aliphatic rings. The Hall–Kier alpha value is -2.07. The molecule has 0 fully saturated rings. The Labute approximate surface area is 110 Å². The highest BCUT2D eigenvalue weighted by molar-refractivity contribution is 6.30. The number of hydrogen-bond donors (Lipinski definition) is 2. The molecule has 4 nitrogen and oxygen atoms in total. The SMILES string of the molecule is CNc1ccccc1C(=O)Nc1cc(Cl)ccn1. The zero-order chi connectivity index (χ0) is 13.0. The van der Waals surface area contributed by atoms with Gasteiger partial charge in [-0.3, -0.25) is 4.79 Å². The van der Waals surface area contributed by atoms with E-state index in [4.69, 9.17) is 11.6 Å². The molecule has 2 N–H and O–H groups in total. The Morgan fingerprint density at radius 1 is 1.28 bits per heavy atom. The van der Waals surface area contributed by atoms with Gasteiger partial charge in [-0.05, 0) is 24.3 Å². The molecule has 0 aliphatic carbocycles. The Morgan fingerprint density at radius 2 is 2.06 bits per heavy atom. The van der Waals surface area contributed by atoms with E-state index >= 15 is 0 Å². The third kappa shape index (κ3) is 2.78. The van der Waals surface area contributed by atoms with Crippen molar-refractivity contribution in [1.29, 1.82) is 0 Å². The number of rotatable bonds is 3. The number of aromatic nitrogens is 1. The summed E-state index contributed by atoms with van der Waals surface area (Å²) < 4.78 is 0. The van der Waals surface area contributed by atoms with Crippen molar-refractivity contribution in [3.63, 3.8) is 0 Å². The van der Waals surface area contributed by atoms with Gasteiger partial charge in [0, 0.05) is 24.0 Å². The van der Waals surface area contributed by atoms with Gasteiger partial charge in [0.2, 0.25) is 0 Å². The number of halogens is 1. The van der Waals surface area contributed by atoms with Crippen LogP contribution in [0.2, 0.25) is 5.02 Å². The van der Waals surface area contributed by atoms with Crippen molar-refractivity contribution >= 4 is 29.0 Å². The van der Waals surface area contributed by atoms with Crippen LogP contribution in [-0.2, 0) is 0 Å². The van der Waals surface area contributed by atoms with Gasteiger partial charge < -0.3 is 10.6 Å². The molecule has 92 valence electrons. The fourth-order valence-corrected chi connectivity index (χ4v) is 1.72. The molecule has 1 heterocycles. The molecule has 0 atom stereocenters. The summed E-state index contributed by atoms with van der Waals surface area (Å²) in [5, 5.41) is 6.20. The van der Waals surface area contributed by atoms with Crippen LogP contribution in [0.25, 0.3) is 0 Å². The number of carbonyl (C=O) groups excluding carboxylic acids is 1. The normalized spacial score (nSPS) is 9.89. The van der Waals surface area contributed by atoms with Gasteiger partial charge in [-0.25, -0.2) is 4.98 Å². The van der Waals surface area contributed by atoms with Crippen LogP contribution in [0.1, 0.15) is 10.4 Å². The summed E-state index contributed by atoms with van der Waals surface area (Å²) in [6.07, 6.45) is 1.54. The van der Waals surface area contributed by atoms with Gasteiger partial charge in [-0.1, -0.05) is 23.7 Å². The fourth-order valence-electron chi connectivity index (χ4n) is 1.56. The molecule has 5 heteroatoms. The molecule has 2 aromatic rings. The number of nitrogens with zero attached hydrogens (tertiary/aromatic N) is 1. The first kappa shape index (κ1) is 12.4. The third-order valence-corrected chi connectivity index (χ3v) is 2.64. The van der Waals surface area contributed by atoms with E-state index in [2.05, 4.69) is 15.6 Å². The standard InChI is InChI=1S/C13H12ClN3O/c1-15-11-5-3-2-4-10(11)13(18)17-12-8-9(14)6-7-16-12/h2-8,15H,1H3,(H,16,17,18). The summed E-state index contributed by atoms with van der Waals surface area (Å²) in [4.78, 5) is 16.1. The molecule has 0 saturated carbocycles. The van der Waals surface area contributed by atoms with Gasteiger partial charge in [0.1, 0.15) is 5.82 Å². The van der Waals surface area contributed by atoms with Crippen molar-refractivity contribution in [2.45, 2.75) is 0 Å². The van der Waals surface area contributed by atoms with Crippen molar-refractivity contribution in [3.8, 4) is 0 Å². The van der Waals surface area contributed by atoms with Gasteiger partial charge in [-0.15, -0.1) is 0 Å². The monoisotopic (exact) mass is 261 g/mol. The summed E-state index contributed by atoms with van der Waals surface area (Å²) in [5.74, 6) is 0.202. The summed E-state index contributed by atoms with van der Waals surface area (Å²) in [6, 6.07) is 10.5. The lowest BCUT2D eigenvalue weighted by Gasteiger charge is -2.09. The lowest BCUT2D eigenvalue weighted by Crippen LogP contribution is -2.14. The molecular weight excluding hydrogens is 250 g/mol. The number of amides is 1. The van der Waals surface area contributed by atoms with E-state index in [1.54, 1.807) is 37.5 Å². The quantitative estimate of drug-likeness (QED) is 0.893. The number of nitrogens with one attached hydrogen (secondary N) is 2. The first-order chi connectivity index (χ1) is 8.70. The van der Waals surface area contributed by atoms with Crippen LogP contribution in [-0.4, -0.2) is 17.9 Å². The number of para-hydroxylation sites is 1. The predicted molar refractivity (Wildman–Crippen MR) is 73.2 cm³/mol. The molecule has 0 radical (unpaired) electrons. The van der Waals surface area contributed by atoms with Crippen LogP contribution in [0, 0.1) is 0 Å². The minimum Gasteiger partial charge on any atom is -0.387 e. The molecule has 0 spiro atoms. The zero-order valence-corrected chi connectivity index (χ0v) is 10.5. The van der Waals surface area contributed by atoms with Crippen LogP contribution in [0.5, 0.6) is 0 Å². The Bertz CT molecular complexity index is 572. The summed E-state index contributed by atoms with van der Waals surface area (Å²) in [5.41, 5.74) is 1.32. The predicted octanol–water partition coefficient (Wildman–Crippen LogP) is 3.03. The van der Waals surface area contributed by atoms with Crippen LogP contribution in [0.15, 0.2) is 42.6 Å². The second kappa shape index (κ2) is 5.51. The maximum absolute atomic E-state index is 12.1. The van der Waals surface area contributed by atoms with E-state index in [1.807, 2.05) is 12.1 Å². The van der Waals surface area contributed by atoms with E-state index in [1.165, 1.54) is 0 Å². The minimum absolute atomic E-state index is 0.227. The Morgan fingerprint density at radius 3 is 2.78 bits per heavy atom. The van der Waals surface area contributed by atoms with Gasteiger partial charge in [0.15, 0.2) is 0 Å². The smallest absolute Gasteiger partial charge is 0.258 e. The molecule has 0 unspecified atom stereocenters. The molecule has 1 amide bonds. The number of pyridine rings is 1. The van der Waals surface area contributed by atoms with E-state index in [9.17, 15) is 4.79 Å². The van der Waals surface area contributed by atoms with Crippen LogP contribution in [0.4, 0.5) is 11.5 Å². The maximum Gasteiger partial charge on any atom is 0.258 e. The molecule has 1 aromatic heterocycles. The summed E-state index contributed by atoms with van der Waals surface area (Å²) >= 11 is 5.83. The van der Waals surface area contributed by atoms with Crippen LogP contribution < -0.4 is 10.6 Å². The van der Waals surface area contributed by atoms with Crippen molar-refractivity contribution in [1.82, 2.24) is 4.98 Å². The summed E-state index contributed by atoms with van der Waals surface area (Å²) in [6.45, 7) is 0. The highest BCUT2D eigenvalue weighted by atomic mass is 35.5. The molecular formula is C13H12ClN3O. The number of hydrogen-bond acceptors (Lipinski definition) is 3.